The first-order chi connectivity index (χ1) is 10.1. The van der Waals surface area contributed by atoms with E-state index in [1.165, 1.54) is 4.88 Å². The van der Waals surface area contributed by atoms with Crippen molar-refractivity contribution in [2.75, 3.05) is 13.7 Å². The lowest BCUT2D eigenvalue weighted by atomic mass is 10.1. The minimum Gasteiger partial charge on any atom is -0.374 e. The highest BCUT2D eigenvalue weighted by atomic mass is 35.5. The van der Waals surface area contributed by atoms with E-state index in [4.69, 9.17) is 16.3 Å². The van der Waals surface area contributed by atoms with E-state index in [2.05, 4.69) is 18.3 Å². The molecule has 0 saturated heterocycles. The summed E-state index contributed by atoms with van der Waals surface area (Å²) in [5, 5.41) is 3.52. The molecule has 3 nitrogen and oxygen atoms in total. The maximum absolute atomic E-state index is 12.0. The maximum atomic E-state index is 12.0. The van der Waals surface area contributed by atoms with Crippen molar-refractivity contribution < 1.29 is 9.53 Å². The largest absolute Gasteiger partial charge is 0.374 e. The number of hydrogen-bond acceptors (Lipinski definition) is 3. The molecular formula is C16H18ClNO2S. The van der Waals surface area contributed by atoms with Gasteiger partial charge in [0.05, 0.1) is 6.42 Å². The standard InChI is InChI=1S/C16H18ClNO2S/c1-11-7-8-15(21-11)14(20-2)10-18-16(19)9-12-5-3-4-6-13(12)17/h3-8,14H,9-10H2,1-2H3,(H,18,19)/t14-/m0/s1. The third-order valence-electron chi connectivity index (χ3n) is 3.16. The van der Waals surface area contributed by atoms with Crippen molar-refractivity contribution in [3.8, 4) is 0 Å². The van der Waals surface area contributed by atoms with E-state index in [0.717, 1.165) is 10.4 Å². The highest BCUT2D eigenvalue weighted by Crippen LogP contribution is 2.24. The lowest BCUT2D eigenvalue weighted by molar-refractivity contribution is -0.121. The number of nitrogens with one attached hydrogen (secondary N) is 1. The van der Waals surface area contributed by atoms with Gasteiger partial charge in [0.2, 0.25) is 5.91 Å². The van der Waals surface area contributed by atoms with Crippen LogP contribution in [0.25, 0.3) is 0 Å². The molecule has 0 saturated carbocycles. The molecule has 1 aromatic carbocycles. The van der Waals surface area contributed by atoms with Crippen LogP contribution < -0.4 is 5.32 Å². The van der Waals surface area contributed by atoms with Gasteiger partial charge in [-0.05, 0) is 30.7 Å². The number of hydrogen-bond donors (Lipinski definition) is 1. The topological polar surface area (TPSA) is 38.3 Å². The summed E-state index contributed by atoms with van der Waals surface area (Å²) in [5.41, 5.74) is 0.831. The first-order valence-corrected chi connectivity index (χ1v) is 7.89. The quantitative estimate of drug-likeness (QED) is 0.879. The summed E-state index contributed by atoms with van der Waals surface area (Å²) in [4.78, 5) is 14.3. The molecule has 2 aromatic rings. The highest BCUT2D eigenvalue weighted by molar-refractivity contribution is 7.12. The molecule has 1 heterocycles. The van der Waals surface area contributed by atoms with Crippen LogP contribution in [0.2, 0.25) is 5.02 Å². The average molecular weight is 324 g/mol. The Hall–Kier alpha value is -1.36. The SMILES string of the molecule is CO[C@@H](CNC(=O)Cc1ccccc1Cl)c1ccc(C)s1. The second kappa shape index (κ2) is 7.59. The zero-order valence-electron chi connectivity index (χ0n) is 12.1. The van der Waals surface area contributed by atoms with Crippen LogP contribution in [0, 0.1) is 6.92 Å². The summed E-state index contributed by atoms with van der Waals surface area (Å²) in [6.45, 7) is 2.51. The van der Waals surface area contributed by atoms with E-state index in [9.17, 15) is 4.79 Å². The zero-order chi connectivity index (χ0) is 15.2. The smallest absolute Gasteiger partial charge is 0.224 e. The second-order valence-electron chi connectivity index (χ2n) is 4.75. The molecule has 112 valence electrons. The Balaban J connectivity index is 1.89. The first kappa shape index (κ1) is 16.0. The molecule has 1 amide bonds. The first-order valence-electron chi connectivity index (χ1n) is 6.69. The average Bonchev–Trinajstić information content (AvgIpc) is 2.89. The van der Waals surface area contributed by atoms with Crippen LogP contribution in [0.1, 0.15) is 21.4 Å². The fourth-order valence-corrected chi connectivity index (χ4v) is 3.17. The molecule has 1 N–H and O–H groups in total. The van der Waals surface area contributed by atoms with E-state index in [1.807, 2.05) is 24.3 Å². The van der Waals surface area contributed by atoms with Crippen LogP contribution in [-0.4, -0.2) is 19.6 Å². The van der Waals surface area contributed by atoms with Crippen LogP contribution in [-0.2, 0) is 16.0 Å². The van der Waals surface area contributed by atoms with Crippen molar-refractivity contribution in [3.63, 3.8) is 0 Å². The van der Waals surface area contributed by atoms with Crippen LogP contribution in [0.3, 0.4) is 0 Å². The van der Waals surface area contributed by atoms with Gasteiger partial charge in [-0.3, -0.25) is 4.79 Å². The van der Waals surface area contributed by atoms with E-state index < -0.39 is 0 Å². The summed E-state index contributed by atoms with van der Waals surface area (Å²) >= 11 is 7.74. The number of thiophene rings is 1. The number of benzene rings is 1. The van der Waals surface area contributed by atoms with Gasteiger partial charge < -0.3 is 10.1 Å². The van der Waals surface area contributed by atoms with E-state index >= 15 is 0 Å². The minimum atomic E-state index is -0.112. The molecule has 0 aliphatic rings. The third-order valence-corrected chi connectivity index (χ3v) is 4.62. The van der Waals surface area contributed by atoms with Crippen molar-refractivity contribution >= 4 is 28.8 Å². The molecule has 5 heteroatoms. The Morgan fingerprint density at radius 3 is 2.71 bits per heavy atom. The van der Waals surface area contributed by atoms with Gasteiger partial charge in [0.15, 0.2) is 0 Å². The molecule has 21 heavy (non-hydrogen) atoms. The van der Waals surface area contributed by atoms with Gasteiger partial charge in [0.1, 0.15) is 6.10 Å². The number of amides is 1. The number of carbonyl (C=O) groups excluding carboxylic acids is 1. The van der Waals surface area contributed by atoms with Gasteiger partial charge >= 0.3 is 0 Å². The van der Waals surface area contributed by atoms with E-state index in [1.54, 1.807) is 24.5 Å². The minimum absolute atomic E-state index is 0.0570. The van der Waals surface area contributed by atoms with Crippen molar-refractivity contribution in [3.05, 3.63) is 56.7 Å². The fraction of sp³-hybridized carbons (Fsp3) is 0.312. The van der Waals surface area contributed by atoms with E-state index in [-0.39, 0.29) is 18.4 Å². The summed E-state index contributed by atoms with van der Waals surface area (Å²) in [6, 6.07) is 11.5. The molecule has 0 bridgehead atoms. The van der Waals surface area contributed by atoms with Crippen molar-refractivity contribution in [2.45, 2.75) is 19.4 Å². The van der Waals surface area contributed by atoms with Gasteiger partial charge in [-0.25, -0.2) is 0 Å². The summed E-state index contributed by atoms with van der Waals surface area (Å²) in [5.74, 6) is -0.0570. The third kappa shape index (κ3) is 4.56. The predicted octanol–water partition coefficient (Wildman–Crippen LogP) is 3.76. The molecule has 0 fully saturated rings. The fourth-order valence-electron chi connectivity index (χ4n) is 2.01. The molecule has 0 aliphatic heterocycles. The summed E-state index contributed by atoms with van der Waals surface area (Å²) < 4.78 is 5.44. The van der Waals surface area contributed by atoms with Crippen LogP contribution in [0.5, 0.6) is 0 Å². The number of carbonyl (C=O) groups is 1. The van der Waals surface area contributed by atoms with Gasteiger partial charge in [-0.15, -0.1) is 11.3 Å². The molecule has 2 rings (SSSR count). The van der Waals surface area contributed by atoms with Crippen molar-refractivity contribution in [1.82, 2.24) is 5.32 Å². The van der Waals surface area contributed by atoms with Gasteiger partial charge in [0, 0.05) is 28.4 Å². The number of halogens is 1. The monoisotopic (exact) mass is 323 g/mol. The van der Waals surface area contributed by atoms with Crippen LogP contribution in [0.4, 0.5) is 0 Å². The number of rotatable bonds is 6. The summed E-state index contributed by atoms with van der Waals surface area (Å²) in [7, 11) is 1.65. The number of aryl methyl sites for hydroxylation is 1. The molecule has 0 aliphatic carbocycles. The molecule has 0 unspecified atom stereocenters. The van der Waals surface area contributed by atoms with E-state index in [0.29, 0.717) is 11.6 Å². The normalized spacial score (nSPS) is 12.1. The Bertz CT molecular complexity index is 612. The second-order valence-corrected chi connectivity index (χ2v) is 6.47. The maximum Gasteiger partial charge on any atom is 0.224 e. The van der Waals surface area contributed by atoms with Gasteiger partial charge in [-0.1, -0.05) is 29.8 Å². The zero-order valence-corrected chi connectivity index (χ0v) is 13.6. The Labute approximate surface area is 133 Å². The van der Waals surface area contributed by atoms with Crippen molar-refractivity contribution in [1.29, 1.82) is 0 Å². The Morgan fingerprint density at radius 2 is 2.10 bits per heavy atom. The molecule has 0 spiro atoms. The molecule has 1 aromatic heterocycles. The number of methoxy groups -OCH3 is 1. The van der Waals surface area contributed by atoms with Crippen molar-refractivity contribution in [2.24, 2.45) is 0 Å². The highest BCUT2D eigenvalue weighted by Gasteiger charge is 2.14. The Kier molecular flexibility index (Phi) is 5.79. The Morgan fingerprint density at radius 1 is 1.33 bits per heavy atom. The lowest BCUT2D eigenvalue weighted by Crippen LogP contribution is -2.30. The van der Waals surface area contributed by atoms with Gasteiger partial charge in [-0.2, -0.15) is 0 Å². The van der Waals surface area contributed by atoms with Gasteiger partial charge in [0.25, 0.3) is 0 Å². The molecular weight excluding hydrogens is 306 g/mol. The van der Waals surface area contributed by atoms with Crippen LogP contribution >= 0.6 is 22.9 Å². The molecule has 1 atom stereocenters. The molecule has 0 radical (unpaired) electrons. The summed E-state index contributed by atoms with van der Waals surface area (Å²) in [6.07, 6.45) is 0.165. The lowest BCUT2D eigenvalue weighted by Gasteiger charge is -2.15. The number of ether oxygens (including phenoxy) is 1. The predicted molar refractivity (Wildman–Crippen MR) is 87.0 cm³/mol. The van der Waals surface area contributed by atoms with Crippen LogP contribution in [0.15, 0.2) is 36.4 Å².